The van der Waals surface area contributed by atoms with E-state index in [1.807, 2.05) is 0 Å². The second-order valence-electron chi connectivity index (χ2n) is 8.46. The van der Waals surface area contributed by atoms with Gasteiger partial charge in [0.2, 0.25) is 0 Å². The Morgan fingerprint density at radius 1 is 0.739 bits per heavy atom. The molecule has 4 nitrogen and oxygen atoms in total. The zero-order valence-electron chi connectivity index (χ0n) is 15.4. The minimum atomic E-state index is -0.323. The van der Waals surface area contributed by atoms with Crippen LogP contribution in [-0.4, -0.2) is 35.9 Å². The molecule has 0 radical (unpaired) electrons. The molecule has 3 heterocycles. The van der Waals surface area contributed by atoms with Crippen molar-refractivity contribution >= 4 is 29.3 Å². The van der Waals surface area contributed by atoms with Gasteiger partial charge in [0.25, 0.3) is 0 Å². The van der Waals surface area contributed by atoms with Gasteiger partial charge in [0.1, 0.15) is 10.8 Å². The molecule has 1 unspecified atom stereocenters. The Kier molecular flexibility index (Phi) is 3.87. The zero-order chi connectivity index (χ0) is 17.3. The predicted octanol–water partition coefficient (Wildman–Crippen LogP) is 3.17. The Bertz CT molecular complexity index is 526. The van der Waals surface area contributed by atoms with Gasteiger partial charge in [-0.25, -0.2) is 0 Å². The first kappa shape index (κ1) is 17.5. The lowest BCUT2D eigenvalue weighted by Crippen LogP contribution is -2.41. The van der Waals surface area contributed by atoms with Gasteiger partial charge in [-0.05, 0) is 71.8 Å². The van der Waals surface area contributed by atoms with E-state index in [1.54, 1.807) is 0 Å². The highest BCUT2D eigenvalue weighted by Crippen LogP contribution is 2.42. The van der Waals surface area contributed by atoms with Gasteiger partial charge in [0.15, 0.2) is 0 Å². The number of thiophene rings is 1. The van der Waals surface area contributed by atoms with Gasteiger partial charge in [-0.3, -0.25) is 0 Å². The van der Waals surface area contributed by atoms with Crippen molar-refractivity contribution in [2.75, 3.05) is 0 Å². The van der Waals surface area contributed by atoms with Crippen LogP contribution >= 0.6 is 10.3 Å². The van der Waals surface area contributed by atoms with Crippen LogP contribution in [0.4, 0.5) is 0 Å². The maximum atomic E-state index is 6.15. The van der Waals surface area contributed by atoms with Crippen LogP contribution in [0.5, 0.6) is 0 Å². The van der Waals surface area contributed by atoms with Crippen LogP contribution in [0.25, 0.3) is 0 Å². The van der Waals surface area contributed by atoms with Crippen molar-refractivity contribution in [1.82, 2.24) is 0 Å². The summed E-state index contributed by atoms with van der Waals surface area (Å²) in [6.07, 6.45) is -0.240. The highest BCUT2D eigenvalue weighted by molar-refractivity contribution is 7.65. The highest BCUT2D eigenvalue weighted by Gasteiger charge is 2.60. The fourth-order valence-electron chi connectivity index (χ4n) is 2.53. The Balaban J connectivity index is 1.78. The van der Waals surface area contributed by atoms with Crippen LogP contribution in [0.2, 0.25) is 0 Å². The Labute approximate surface area is 143 Å². The van der Waals surface area contributed by atoms with E-state index in [0.29, 0.717) is 0 Å². The van der Waals surface area contributed by atoms with Crippen LogP contribution in [0.3, 0.4) is 0 Å². The molecular formula is C16H27B2O4S+. The van der Waals surface area contributed by atoms with E-state index in [9.17, 15) is 0 Å². The molecule has 0 aliphatic carbocycles. The van der Waals surface area contributed by atoms with E-state index in [1.165, 1.54) is 0 Å². The molecule has 2 aliphatic heterocycles. The van der Waals surface area contributed by atoms with Crippen LogP contribution < -0.4 is 5.46 Å². The molecule has 1 atom stereocenters. The molecule has 2 fully saturated rings. The SMILES string of the molecule is CC1(C)OB(c2cc[s+](B3OC(C)(C)C(C)(C)O3)c2)OC1(C)C. The molecule has 0 N–H and O–H groups in total. The Morgan fingerprint density at radius 2 is 1.17 bits per heavy atom. The smallest absolute Gasteiger partial charge is 0.399 e. The van der Waals surface area contributed by atoms with Gasteiger partial charge in [0, 0.05) is 5.46 Å². The summed E-state index contributed by atoms with van der Waals surface area (Å²) in [5.74, 6) is 0. The first-order valence-electron chi connectivity index (χ1n) is 8.17. The summed E-state index contributed by atoms with van der Waals surface area (Å²) in [6.45, 7) is 16.6. The molecule has 0 spiro atoms. The fourth-order valence-corrected chi connectivity index (χ4v) is 4.37. The van der Waals surface area contributed by atoms with Gasteiger partial charge in [-0.15, -0.1) is 0 Å². The summed E-state index contributed by atoms with van der Waals surface area (Å²) < 4.78 is 24.6. The van der Waals surface area contributed by atoms with Gasteiger partial charge in [-0.2, -0.15) is 0 Å². The molecule has 2 saturated heterocycles. The average molecular weight is 337 g/mol. The molecule has 1 aromatic heterocycles. The van der Waals surface area contributed by atoms with Crippen molar-refractivity contribution in [3.63, 3.8) is 0 Å². The molecule has 126 valence electrons. The summed E-state index contributed by atoms with van der Waals surface area (Å²) in [5, 5.41) is 4.31. The lowest BCUT2D eigenvalue weighted by Gasteiger charge is -2.32. The quantitative estimate of drug-likeness (QED) is 0.614. The Hall–Kier alpha value is -0.330. The molecule has 1 aromatic rings. The molecule has 0 aromatic carbocycles. The standard InChI is InChI=1S/C16H27B2O4S/c1-13(2)14(3,4)20-17(19-13)12-9-10-23(11-12)18-21-15(5,6)16(7,8)22-18/h9-11H,1-8H3/q+1. The van der Waals surface area contributed by atoms with E-state index < -0.39 is 0 Å². The van der Waals surface area contributed by atoms with Gasteiger partial charge in [0.05, 0.1) is 22.4 Å². The minimum Gasteiger partial charge on any atom is -0.399 e. The van der Waals surface area contributed by atoms with Gasteiger partial charge < -0.3 is 18.6 Å². The summed E-state index contributed by atoms with van der Waals surface area (Å²) in [7, 11) is -0.542. The zero-order valence-corrected chi connectivity index (χ0v) is 16.2. The second-order valence-corrected chi connectivity index (χ2v) is 10.2. The molecule has 3 rings (SSSR count). The van der Waals surface area contributed by atoms with Crippen molar-refractivity contribution in [2.24, 2.45) is 0 Å². The van der Waals surface area contributed by atoms with Crippen LogP contribution in [-0.2, 0) is 18.6 Å². The minimum absolute atomic E-state index is 0.219. The first-order valence-corrected chi connectivity index (χ1v) is 9.58. The lowest BCUT2D eigenvalue weighted by molar-refractivity contribution is 0.00578. The molecule has 2 aliphatic rings. The average Bonchev–Trinajstić information content (AvgIpc) is 2.96. The third kappa shape index (κ3) is 2.81. The monoisotopic (exact) mass is 337 g/mol. The number of hydrogen-bond donors (Lipinski definition) is 0. The molecular weight excluding hydrogens is 310 g/mol. The molecule has 23 heavy (non-hydrogen) atoms. The largest absolute Gasteiger partial charge is 0.789 e. The van der Waals surface area contributed by atoms with E-state index >= 15 is 0 Å². The summed E-state index contributed by atoms with van der Waals surface area (Å²) in [4.78, 5) is 0. The van der Waals surface area contributed by atoms with Crippen molar-refractivity contribution < 1.29 is 18.6 Å². The third-order valence-corrected chi connectivity index (χ3v) is 7.30. The fraction of sp³-hybridized carbons (Fsp3) is 0.750. The van der Waals surface area contributed by atoms with E-state index in [-0.39, 0.29) is 46.2 Å². The van der Waals surface area contributed by atoms with Gasteiger partial charge in [-0.1, -0.05) is 0 Å². The van der Waals surface area contributed by atoms with Crippen LogP contribution in [0.15, 0.2) is 16.8 Å². The van der Waals surface area contributed by atoms with Crippen molar-refractivity contribution in [2.45, 2.75) is 77.8 Å². The predicted molar refractivity (Wildman–Crippen MR) is 96.1 cm³/mol. The molecule has 0 saturated carbocycles. The summed E-state index contributed by atoms with van der Waals surface area (Å²) in [6, 6.07) is 2.08. The van der Waals surface area contributed by atoms with E-state index in [4.69, 9.17) is 18.6 Å². The second kappa shape index (κ2) is 5.08. The van der Waals surface area contributed by atoms with Crippen molar-refractivity contribution in [3.05, 3.63) is 16.8 Å². The first-order chi connectivity index (χ1) is 10.3. The van der Waals surface area contributed by atoms with Crippen LogP contribution in [0, 0.1) is 0 Å². The Morgan fingerprint density at radius 3 is 1.65 bits per heavy atom. The summed E-state index contributed by atoms with van der Waals surface area (Å²) >= 11 is 0. The summed E-state index contributed by atoms with van der Waals surface area (Å²) in [5.41, 5.74) is -0.198. The van der Waals surface area contributed by atoms with E-state index in [2.05, 4.69) is 72.2 Å². The topological polar surface area (TPSA) is 36.9 Å². The maximum absolute atomic E-state index is 6.15. The van der Waals surface area contributed by atoms with Gasteiger partial charge >= 0.3 is 13.5 Å². The number of hydrogen-bond acceptors (Lipinski definition) is 4. The van der Waals surface area contributed by atoms with Crippen molar-refractivity contribution in [1.29, 1.82) is 0 Å². The molecule has 7 heteroatoms. The molecule has 0 amide bonds. The van der Waals surface area contributed by atoms with Crippen molar-refractivity contribution in [3.8, 4) is 0 Å². The highest BCUT2D eigenvalue weighted by atomic mass is 32.2. The number of rotatable bonds is 2. The third-order valence-electron chi connectivity index (χ3n) is 5.67. The normalized spacial score (nSPS) is 28.4. The van der Waals surface area contributed by atoms with E-state index in [0.717, 1.165) is 5.46 Å². The lowest BCUT2D eigenvalue weighted by atomic mass is 9.82. The van der Waals surface area contributed by atoms with Crippen LogP contribution in [0.1, 0.15) is 55.4 Å². The maximum Gasteiger partial charge on any atom is 0.789 e. The molecule has 0 bridgehead atoms.